The molecule has 20 heavy (non-hydrogen) atoms. The van der Waals surface area contributed by atoms with Crippen molar-refractivity contribution in [1.29, 1.82) is 0 Å². The fourth-order valence-corrected chi connectivity index (χ4v) is 1.53. The van der Waals surface area contributed by atoms with Crippen LogP contribution in [-0.4, -0.2) is 29.7 Å². The Kier molecular flexibility index (Phi) is 4.24. The first-order chi connectivity index (χ1) is 9.58. The lowest BCUT2D eigenvalue weighted by Gasteiger charge is -2.07. The largest absolute Gasteiger partial charge is 0.466 e. The quantitative estimate of drug-likeness (QED) is 0.801. The lowest BCUT2D eigenvalue weighted by Crippen LogP contribution is -2.13. The molecule has 0 atom stereocenters. The van der Waals surface area contributed by atoms with E-state index >= 15 is 0 Å². The predicted octanol–water partition coefficient (Wildman–Crippen LogP) is 2.14. The molecule has 2 rings (SSSR count). The monoisotopic (exact) mass is 276 g/mol. The van der Waals surface area contributed by atoms with E-state index in [0.29, 0.717) is 17.1 Å². The van der Waals surface area contributed by atoms with Crippen molar-refractivity contribution >= 4 is 5.97 Å². The van der Waals surface area contributed by atoms with Crippen molar-refractivity contribution in [2.45, 2.75) is 6.92 Å². The average Bonchev–Trinajstić information content (AvgIpc) is 2.45. The molecular weight excluding hydrogens is 263 g/mol. The third-order valence-electron chi connectivity index (χ3n) is 2.50. The van der Waals surface area contributed by atoms with Crippen LogP contribution in [0.2, 0.25) is 0 Å². The number of hydrogen-bond donors (Lipinski definition) is 0. The van der Waals surface area contributed by atoms with Crippen LogP contribution >= 0.6 is 0 Å². The van der Waals surface area contributed by atoms with Gasteiger partial charge >= 0.3 is 5.97 Å². The number of carbonyl (C=O) groups is 1. The molecule has 5 nitrogen and oxygen atoms in total. The summed E-state index contributed by atoms with van der Waals surface area (Å²) >= 11 is 0. The van der Waals surface area contributed by atoms with Gasteiger partial charge in [-0.2, -0.15) is 4.98 Å². The second kappa shape index (κ2) is 6.10. The number of hydrogen-bond acceptors (Lipinski definition) is 5. The van der Waals surface area contributed by atoms with Gasteiger partial charge in [-0.05, 0) is 31.2 Å². The highest BCUT2D eigenvalue weighted by atomic mass is 19.1. The number of esters is 1. The maximum Gasteiger partial charge on any atom is 0.343 e. The number of methoxy groups -OCH3 is 1. The van der Waals surface area contributed by atoms with Crippen LogP contribution in [0.4, 0.5) is 4.39 Å². The average molecular weight is 276 g/mol. The van der Waals surface area contributed by atoms with Gasteiger partial charge in [0.15, 0.2) is 12.4 Å². The van der Waals surface area contributed by atoms with Gasteiger partial charge in [0, 0.05) is 17.3 Å². The number of carbonyl (C=O) groups excluding carboxylic acids is 1. The van der Waals surface area contributed by atoms with Crippen LogP contribution in [0.15, 0.2) is 30.3 Å². The van der Waals surface area contributed by atoms with E-state index in [1.165, 1.54) is 19.2 Å². The van der Waals surface area contributed by atoms with E-state index in [2.05, 4.69) is 14.7 Å². The molecule has 1 aromatic heterocycles. The van der Waals surface area contributed by atoms with Gasteiger partial charge in [0.2, 0.25) is 5.88 Å². The van der Waals surface area contributed by atoms with Gasteiger partial charge in [-0.1, -0.05) is 0 Å². The van der Waals surface area contributed by atoms with Crippen LogP contribution in [0.1, 0.15) is 5.69 Å². The van der Waals surface area contributed by atoms with E-state index in [-0.39, 0.29) is 18.3 Å². The molecule has 2 aromatic rings. The molecule has 0 unspecified atom stereocenters. The molecule has 0 saturated carbocycles. The molecule has 1 aromatic carbocycles. The van der Waals surface area contributed by atoms with Crippen molar-refractivity contribution in [2.24, 2.45) is 0 Å². The SMILES string of the molecule is COC(=O)COc1cc(C)nc(-c2ccc(F)cc2)n1. The van der Waals surface area contributed by atoms with Crippen LogP contribution in [0, 0.1) is 12.7 Å². The molecule has 0 saturated heterocycles. The second-order valence-electron chi connectivity index (χ2n) is 4.04. The van der Waals surface area contributed by atoms with E-state index < -0.39 is 5.97 Å². The smallest absolute Gasteiger partial charge is 0.343 e. The summed E-state index contributed by atoms with van der Waals surface area (Å²) < 4.78 is 22.6. The second-order valence-corrected chi connectivity index (χ2v) is 4.04. The van der Waals surface area contributed by atoms with Crippen molar-refractivity contribution < 1.29 is 18.7 Å². The molecule has 0 N–H and O–H groups in total. The van der Waals surface area contributed by atoms with Gasteiger partial charge in [-0.3, -0.25) is 0 Å². The molecule has 0 bridgehead atoms. The number of aryl methyl sites for hydroxylation is 1. The standard InChI is InChI=1S/C14H13FN2O3/c1-9-7-12(20-8-13(18)19-2)17-14(16-9)10-3-5-11(15)6-4-10/h3-7H,8H2,1-2H3. The van der Waals surface area contributed by atoms with E-state index in [1.54, 1.807) is 25.1 Å². The zero-order chi connectivity index (χ0) is 14.5. The van der Waals surface area contributed by atoms with Crippen molar-refractivity contribution in [3.8, 4) is 17.3 Å². The molecule has 0 fully saturated rings. The molecular formula is C14H13FN2O3. The van der Waals surface area contributed by atoms with Crippen LogP contribution in [0.25, 0.3) is 11.4 Å². The van der Waals surface area contributed by atoms with Crippen molar-refractivity contribution in [3.63, 3.8) is 0 Å². The third-order valence-corrected chi connectivity index (χ3v) is 2.50. The van der Waals surface area contributed by atoms with Gasteiger partial charge in [-0.15, -0.1) is 0 Å². The van der Waals surface area contributed by atoms with Crippen molar-refractivity contribution in [3.05, 3.63) is 41.8 Å². The lowest BCUT2D eigenvalue weighted by molar-refractivity contribution is -0.143. The Morgan fingerprint density at radius 3 is 2.60 bits per heavy atom. The van der Waals surface area contributed by atoms with Gasteiger partial charge in [0.05, 0.1) is 7.11 Å². The fraction of sp³-hybridized carbons (Fsp3) is 0.214. The normalized spacial score (nSPS) is 10.2. The lowest BCUT2D eigenvalue weighted by atomic mass is 10.2. The number of nitrogens with zero attached hydrogens (tertiary/aromatic N) is 2. The molecule has 104 valence electrons. The summed E-state index contributed by atoms with van der Waals surface area (Å²) in [6.45, 7) is 1.55. The fourth-order valence-electron chi connectivity index (χ4n) is 1.53. The minimum Gasteiger partial charge on any atom is -0.466 e. The molecule has 0 spiro atoms. The molecule has 6 heteroatoms. The molecule has 0 aliphatic rings. The maximum atomic E-state index is 12.9. The van der Waals surface area contributed by atoms with Crippen LogP contribution < -0.4 is 4.74 Å². The summed E-state index contributed by atoms with van der Waals surface area (Å²) in [6.07, 6.45) is 0. The molecule has 0 aliphatic carbocycles. The number of halogens is 1. The van der Waals surface area contributed by atoms with Crippen molar-refractivity contribution in [1.82, 2.24) is 9.97 Å². The van der Waals surface area contributed by atoms with Crippen LogP contribution in [0.5, 0.6) is 5.88 Å². The Balaban J connectivity index is 2.24. The Morgan fingerprint density at radius 1 is 1.25 bits per heavy atom. The van der Waals surface area contributed by atoms with Gasteiger partial charge in [0.25, 0.3) is 0 Å². The first kappa shape index (κ1) is 13.9. The number of ether oxygens (including phenoxy) is 2. The summed E-state index contributed by atoms with van der Waals surface area (Å²) in [7, 11) is 1.28. The van der Waals surface area contributed by atoms with E-state index in [0.717, 1.165) is 0 Å². The third kappa shape index (κ3) is 3.50. The minimum atomic E-state index is -0.496. The zero-order valence-electron chi connectivity index (χ0n) is 11.1. The maximum absolute atomic E-state index is 12.9. The predicted molar refractivity (Wildman–Crippen MR) is 69.7 cm³/mol. The minimum absolute atomic E-state index is 0.226. The first-order valence-electron chi connectivity index (χ1n) is 5.89. The molecule has 1 heterocycles. The van der Waals surface area contributed by atoms with Gasteiger partial charge < -0.3 is 9.47 Å². The number of aromatic nitrogens is 2. The summed E-state index contributed by atoms with van der Waals surface area (Å²) in [4.78, 5) is 19.5. The van der Waals surface area contributed by atoms with E-state index in [9.17, 15) is 9.18 Å². The Morgan fingerprint density at radius 2 is 1.95 bits per heavy atom. The highest BCUT2D eigenvalue weighted by molar-refractivity contribution is 5.70. The highest BCUT2D eigenvalue weighted by Crippen LogP contribution is 2.19. The number of rotatable bonds is 4. The van der Waals surface area contributed by atoms with Crippen LogP contribution in [0.3, 0.4) is 0 Å². The van der Waals surface area contributed by atoms with Gasteiger partial charge in [-0.25, -0.2) is 14.2 Å². The van der Waals surface area contributed by atoms with Crippen molar-refractivity contribution in [2.75, 3.05) is 13.7 Å². The summed E-state index contributed by atoms with van der Waals surface area (Å²) in [5.74, 6) is -0.153. The first-order valence-corrected chi connectivity index (χ1v) is 5.89. The summed E-state index contributed by atoms with van der Waals surface area (Å²) in [5.41, 5.74) is 1.34. The summed E-state index contributed by atoms with van der Waals surface area (Å²) in [5, 5.41) is 0. The molecule has 0 radical (unpaired) electrons. The Bertz CT molecular complexity index is 614. The zero-order valence-corrected chi connectivity index (χ0v) is 11.1. The van der Waals surface area contributed by atoms with Crippen LogP contribution in [-0.2, 0) is 9.53 Å². The van der Waals surface area contributed by atoms with Gasteiger partial charge in [0.1, 0.15) is 5.82 Å². The van der Waals surface area contributed by atoms with E-state index in [4.69, 9.17) is 4.74 Å². The Hall–Kier alpha value is -2.50. The number of benzene rings is 1. The summed E-state index contributed by atoms with van der Waals surface area (Å²) in [6, 6.07) is 7.42. The molecule has 0 amide bonds. The Labute approximate surface area is 115 Å². The molecule has 0 aliphatic heterocycles. The van der Waals surface area contributed by atoms with E-state index in [1.807, 2.05) is 0 Å². The highest BCUT2D eigenvalue weighted by Gasteiger charge is 2.08. The topological polar surface area (TPSA) is 61.3 Å².